The quantitative estimate of drug-likeness (QED) is 0.258. The highest BCUT2D eigenvalue weighted by atomic mass is 16.2. The van der Waals surface area contributed by atoms with Gasteiger partial charge in [-0.15, -0.1) is 0 Å². The maximum Gasteiger partial charge on any atom is 0.253 e. The Balaban J connectivity index is 0.000000308. The van der Waals surface area contributed by atoms with Crippen LogP contribution >= 0.6 is 0 Å². The zero-order valence-electron chi connectivity index (χ0n) is 27.4. The van der Waals surface area contributed by atoms with Gasteiger partial charge in [-0.05, 0) is 62.8 Å². The molecule has 0 aliphatic carbocycles. The number of amides is 4. The lowest BCUT2D eigenvalue weighted by atomic mass is 10.1. The van der Waals surface area contributed by atoms with Crippen LogP contribution in [0.3, 0.4) is 0 Å². The minimum absolute atomic E-state index is 0.0617. The molecule has 8 nitrogen and oxygen atoms in total. The maximum absolute atomic E-state index is 12.6. The van der Waals surface area contributed by atoms with Crippen molar-refractivity contribution in [2.75, 3.05) is 26.2 Å². The number of rotatable bonds is 11. The smallest absolute Gasteiger partial charge is 0.253 e. The van der Waals surface area contributed by atoms with Gasteiger partial charge in [-0.3, -0.25) is 19.2 Å². The Morgan fingerprint density at radius 1 is 0.477 bits per heavy atom. The number of benzene rings is 1. The zero-order chi connectivity index (χ0) is 31.8. The Bertz CT molecular complexity index is 945. The molecule has 2 aliphatic heterocycles. The van der Waals surface area contributed by atoms with Crippen molar-refractivity contribution in [3.63, 3.8) is 0 Å². The highest BCUT2D eigenvalue weighted by Gasteiger charge is 2.16. The molecule has 2 heterocycles. The second-order valence-electron chi connectivity index (χ2n) is 12.7. The predicted molar refractivity (Wildman–Crippen MR) is 178 cm³/mol. The van der Waals surface area contributed by atoms with Gasteiger partial charge in [0.25, 0.3) is 5.91 Å². The molecule has 0 unspecified atom stereocenters. The molecular formula is C36H60N4O4. The lowest BCUT2D eigenvalue weighted by Gasteiger charge is -2.24. The molecule has 0 spiro atoms. The van der Waals surface area contributed by atoms with Crippen LogP contribution in [0.25, 0.3) is 0 Å². The van der Waals surface area contributed by atoms with Crippen LogP contribution in [0, 0.1) is 0 Å². The van der Waals surface area contributed by atoms with Crippen LogP contribution in [-0.2, 0) is 9.59 Å². The largest absolute Gasteiger partial charge is 0.370 e. The van der Waals surface area contributed by atoms with E-state index in [0.717, 1.165) is 77.5 Å². The average Bonchev–Trinajstić information content (AvgIpc) is 3.03. The third-order valence-electron chi connectivity index (χ3n) is 8.83. The van der Waals surface area contributed by atoms with Crippen molar-refractivity contribution in [3.05, 3.63) is 35.4 Å². The molecule has 0 atom stereocenters. The third-order valence-corrected chi connectivity index (χ3v) is 8.83. The number of carbonyl (C=O) groups is 4. The molecular weight excluding hydrogens is 552 g/mol. The lowest BCUT2D eigenvalue weighted by Crippen LogP contribution is -2.33. The second-order valence-corrected chi connectivity index (χ2v) is 12.7. The van der Waals surface area contributed by atoms with Crippen molar-refractivity contribution in [2.24, 2.45) is 11.5 Å². The van der Waals surface area contributed by atoms with Gasteiger partial charge < -0.3 is 21.3 Å². The summed E-state index contributed by atoms with van der Waals surface area (Å²) in [6.45, 7) is 3.59. The fourth-order valence-electron chi connectivity index (χ4n) is 6.05. The minimum atomic E-state index is -0.465. The molecule has 248 valence electrons. The molecule has 44 heavy (non-hydrogen) atoms. The van der Waals surface area contributed by atoms with E-state index in [9.17, 15) is 19.2 Å². The third kappa shape index (κ3) is 16.8. The van der Waals surface area contributed by atoms with Crippen molar-refractivity contribution in [1.29, 1.82) is 0 Å². The van der Waals surface area contributed by atoms with Gasteiger partial charge in [0.1, 0.15) is 0 Å². The van der Waals surface area contributed by atoms with Crippen LogP contribution in [-0.4, -0.2) is 59.6 Å². The molecule has 2 aliphatic rings. The summed E-state index contributed by atoms with van der Waals surface area (Å²) < 4.78 is 0. The van der Waals surface area contributed by atoms with E-state index in [0.29, 0.717) is 29.9 Å². The van der Waals surface area contributed by atoms with Gasteiger partial charge in [0.05, 0.1) is 0 Å². The first kappa shape index (κ1) is 37.3. The van der Waals surface area contributed by atoms with Gasteiger partial charge in [-0.2, -0.15) is 0 Å². The Morgan fingerprint density at radius 2 is 0.841 bits per heavy atom. The lowest BCUT2D eigenvalue weighted by molar-refractivity contribution is -0.131. The summed E-state index contributed by atoms with van der Waals surface area (Å²) in [5.41, 5.74) is 11.4. The van der Waals surface area contributed by atoms with Crippen LogP contribution in [0.2, 0.25) is 0 Å². The van der Waals surface area contributed by atoms with E-state index in [-0.39, 0.29) is 11.8 Å². The number of unbranched alkanes of at least 4 members (excludes halogenated alkanes) is 5. The van der Waals surface area contributed by atoms with Crippen molar-refractivity contribution in [3.8, 4) is 0 Å². The molecule has 3 rings (SSSR count). The molecule has 2 saturated heterocycles. The molecule has 4 amide bonds. The molecule has 0 radical (unpaired) electrons. The Morgan fingerprint density at radius 3 is 1.27 bits per heavy atom. The summed E-state index contributed by atoms with van der Waals surface area (Å²) in [4.78, 5) is 50.6. The van der Waals surface area contributed by atoms with Crippen LogP contribution in [0.4, 0.5) is 0 Å². The molecule has 8 heteroatoms. The number of carbonyl (C=O) groups excluding carboxylic acids is 4. The minimum Gasteiger partial charge on any atom is -0.370 e. The van der Waals surface area contributed by atoms with Gasteiger partial charge in [-0.25, -0.2) is 0 Å². The van der Waals surface area contributed by atoms with Crippen LogP contribution in [0.1, 0.15) is 162 Å². The predicted octanol–water partition coefficient (Wildman–Crippen LogP) is 7.14. The molecule has 0 saturated carbocycles. The molecule has 0 aromatic heterocycles. The Labute approximate surface area is 266 Å². The van der Waals surface area contributed by atoms with Gasteiger partial charge in [0.2, 0.25) is 17.7 Å². The number of nitrogens with zero attached hydrogens (tertiary/aromatic N) is 2. The SMILES string of the molecule is NC(=O)CCCCCCCCC(=O)N1CCCCCCCCC1.NC(=O)c1ccc(C(=O)N2CCCCCCCCC2)cc1. The van der Waals surface area contributed by atoms with Crippen LogP contribution in [0.5, 0.6) is 0 Å². The number of primary amides is 2. The van der Waals surface area contributed by atoms with Gasteiger partial charge in [0.15, 0.2) is 0 Å². The summed E-state index contributed by atoms with van der Waals surface area (Å²) in [6, 6.07) is 6.64. The van der Waals surface area contributed by atoms with Gasteiger partial charge in [0, 0.05) is 50.1 Å². The summed E-state index contributed by atoms with van der Waals surface area (Å²) in [5, 5.41) is 0. The maximum atomic E-state index is 12.6. The number of hydrogen-bond acceptors (Lipinski definition) is 4. The summed E-state index contributed by atoms with van der Waals surface area (Å²) in [5.74, 6) is -0.241. The van der Waals surface area contributed by atoms with Crippen molar-refractivity contribution < 1.29 is 19.2 Å². The molecule has 4 N–H and O–H groups in total. The van der Waals surface area contributed by atoms with E-state index in [4.69, 9.17) is 11.5 Å². The van der Waals surface area contributed by atoms with E-state index < -0.39 is 5.91 Å². The number of nitrogens with two attached hydrogens (primary N) is 2. The first-order valence-electron chi connectivity index (χ1n) is 17.6. The van der Waals surface area contributed by atoms with E-state index in [1.54, 1.807) is 24.3 Å². The van der Waals surface area contributed by atoms with E-state index in [1.165, 1.54) is 77.0 Å². The summed E-state index contributed by atoms with van der Waals surface area (Å²) in [7, 11) is 0. The van der Waals surface area contributed by atoms with Crippen molar-refractivity contribution in [1.82, 2.24) is 9.80 Å². The van der Waals surface area contributed by atoms with E-state index in [2.05, 4.69) is 4.90 Å². The molecule has 0 bridgehead atoms. The van der Waals surface area contributed by atoms with Crippen molar-refractivity contribution in [2.45, 2.75) is 141 Å². The molecule has 1 aromatic rings. The second kappa shape index (κ2) is 23.5. The van der Waals surface area contributed by atoms with Crippen LogP contribution in [0.15, 0.2) is 24.3 Å². The summed E-state index contributed by atoms with van der Waals surface area (Å²) in [6.07, 6.45) is 25.0. The zero-order valence-corrected chi connectivity index (χ0v) is 27.4. The van der Waals surface area contributed by atoms with Crippen LogP contribution < -0.4 is 11.5 Å². The number of hydrogen-bond donors (Lipinski definition) is 2. The van der Waals surface area contributed by atoms with Crippen molar-refractivity contribution >= 4 is 23.6 Å². The average molecular weight is 613 g/mol. The first-order valence-corrected chi connectivity index (χ1v) is 17.6. The normalized spacial score (nSPS) is 17.1. The van der Waals surface area contributed by atoms with E-state index in [1.807, 2.05) is 4.90 Å². The van der Waals surface area contributed by atoms with Gasteiger partial charge >= 0.3 is 0 Å². The summed E-state index contributed by atoms with van der Waals surface area (Å²) >= 11 is 0. The highest BCUT2D eigenvalue weighted by molar-refractivity contribution is 5.97. The standard InChI is InChI=1S/C19H36N2O2.C17H24N2O2/c20-18(22)14-10-6-2-3-7-11-15-19(23)21-16-12-8-4-1-5-9-13-17-21;18-16(20)14-8-10-15(11-9-14)17(21)19-12-6-4-2-1-3-5-7-13-19/h1-17H2,(H2,20,22);8-11H,1-7,12-13H2,(H2,18,20). The monoisotopic (exact) mass is 612 g/mol. The fraction of sp³-hybridized carbons (Fsp3) is 0.722. The Hall–Kier alpha value is -2.90. The topological polar surface area (TPSA) is 127 Å². The molecule has 1 aromatic carbocycles. The Kier molecular flexibility index (Phi) is 19.9. The van der Waals surface area contributed by atoms with E-state index >= 15 is 0 Å². The van der Waals surface area contributed by atoms with Gasteiger partial charge in [-0.1, -0.05) is 89.9 Å². The first-order chi connectivity index (χ1) is 21.4. The molecule has 2 fully saturated rings. The highest BCUT2D eigenvalue weighted by Crippen LogP contribution is 2.16. The fourth-order valence-corrected chi connectivity index (χ4v) is 6.05.